The molecule has 27 heavy (non-hydrogen) atoms. The minimum Gasteiger partial charge on any atom is -0.352 e. The Morgan fingerprint density at radius 1 is 1.15 bits per heavy atom. The zero-order chi connectivity index (χ0) is 18.5. The Bertz CT molecular complexity index is 745. The smallest absolute Gasteiger partial charge is 0.220 e. The highest BCUT2D eigenvalue weighted by molar-refractivity contribution is 5.75. The van der Waals surface area contributed by atoms with Crippen molar-refractivity contribution in [3.05, 3.63) is 53.9 Å². The Morgan fingerprint density at radius 2 is 2.00 bits per heavy atom. The third kappa shape index (κ3) is 4.57. The van der Waals surface area contributed by atoms with Gasteiger partial charge in [0.1, 0.15) is 0 Å². The normalized spacial score (nSPS) is 24.5. The summed E-state index contributed by atoms with van der Waals surface area (Å²) in [4.78, 5) is 12.4. The first-order valence-electron chi connectivity index (χ1n) is 10.1. The van der Waals surface area contributed by atoms with E-state index in [1.165, 1.54) is 31.2 Å². The van der Waals surface area contributed by atoms with Crippen LogP contribution in [0.2, 0.25) is 0 Å². The number of benzene rings is 1. The molecule has 6 nitrogen and oxygen atoms in total. The van der Waals surface area contributed by atoms with Gasteiger partial charge in [-0.2, -0.15) is 5.10 Å². The van der Waals surface area contributed by atoms with Crippen molar-refractivity contribution in [2.24, 2.45) is 5.92 Å². The Hall–Kier alpha value is -2.18. The van der Waals surface area contributed by atoms with E-state index in [-0.39, 0.29) is 5.91 Å². The molecule has 1 aromatic heterocycles. The van der Waals surface area contributed by atoms with Gasteiger partial charge >= 0.3 is 0 Å². The lowest BCUT2D eigenvalue weighted by molar-refractivity contribution is -0.121. The SMILES string of the molecule is O=C(CCC1NNC2CCCCC21)NCc1ccccc1Cn1cccn1. The molecule has 4 rings (SSSR count). The first-order chi connectivity index (χ1) is 13.3. The van der Waals surface area contributed by atoms with E-state index in [1.54, 1.807) is 6.20 Å². The van der Waals surface area contributed by atoms with Gasteiger partial charge in [0.25, 0.3) is 0 Å². The summed E-state index contributed by atoms with van der Waals surface area (Å²) in [6.07, 6.45) is 10.4. The number of hydrogen-bond donors (Lipinski definition) is 3. The first kappa shape index (κ1) is 18.2. The average Bonchev–Trinajstić information content (AvgIpc) is 3.35. The van der Waals surface area contributed by atoms with E-state index in [2.05, 4.69) is 33.4 Å². The van der Waals surface area contributed by atoms with E-state index in [9.17, 15) is 4.79 Å². The summed E-state index contributed by atoms with van der Waals surface area (Å²) in [5.41, 5.74) is 9.19. The highest BCUT2D eigenvalue weighted by Crippen LogP contribution is 2.31. The summed E-state index contributed by atoms with van der Waals surface area (Å²) < 4.78 is 1.90. The van der Waals surface area contributed by atoms with Gasteiger partial charge < -0.3 is 5.32 Å². The van der Waals surface area contributed by atoms with Crippen molar-refractivity contribution in [2.75, 3.05) is 0 Å². The van der Waals surface area contributed by atoms with Crippen molar-refractivity contribution in [1.29, 1.82) is 0 Å². The van der Waals surface area contributed by atoms with Crippen LogP contribution < -0.4 is 16.2 Å². The number of fused-ring (bicyclic) bond motifs is 1. The van der Waals surface area contributed by atoms with E-state index in [4.69, 9.17) is 0 Å². The molecule has 2 heterocycles. The number of hydrazine groups is 1. The molecule has 0 spiro atoms. The van der Waals surface area contributed by atoms with Gasteiger partial charge in [0.05, 0.1) is 6.54 Å². The predicted octanol–water partition coefficient (Wildman–Crippen LogP) is 2.36. The van der Waals surface area contributed by atoms with Gasteiger partial charge in [0.2, 0.25) is 5.91 Å². The Balaban J connectivity index is 1.26. The molecular formula is C21H29N5O. The Morgan fingerprint density at radius 3 is 2.85 bits per heavy atom. The summed E-state index contributed by atoms with van der Waals surface area (Å²) in [5.74, 6) is 0.811. The van der Waals surface area contributed by atoms with Crippen LogP contribution in [0.3, 0.4) is 0 Å². The lowest BCUT2D eigenvalue weighted by Crippen LogP contribution is -2.34. The molecule has 1 amide bonds. The van der Waals surface area contributed by atoms with E-state index in [0.717, 1.165) is 18.5 Å². The van der Waals surface area contributed by atoms with Crippen LogP contribution in [-0.4, -0.2) is 27.8 Å². The lowest BCUT2D eigenvalue weighted by Gasteiger charge is -2.27. The summed E-state index contributed by atoms with van der Waals surface area (Å²) >= 11 is 0. The van der Waals surface area contributed by atoms with Gasteiger partial charge in [0.15, 0.2) is 0 Å². The molecule has 6 heteroatoms. The van der Waals surface area contributed by atoms with E-state index < -0.39 is 0 Å². The van der Waals surface area contributed by atoms with E-state index in [0.29, 0.717) is 31.0 Å². The van der Waals surface area contributed by atoms with Crippen molar-refractivity contribution in [2.45, 2.75) is 63.7 Å². The summed E-state index contributed by atoms with van der Waals surface area (Å²) in [5, 5.41) is 7.37. The molecule has 144 valence electrons. The average molecular weight is 367 g/mol. The van der Waals surface area contributed by atoms with Crippen molar-refractivity contribution < 1.29 is 4.79 Å². The number of amides is 1. The number of hydrogen-bond acceptors (Lipinski definition) is 4. The molecule has 1 saturated carbocycles. The zero-order valence-electron chi connectivity index (χ0n) is 15.7. The van der Waals surface area contributed by atoms with Crippen molar-refractivity contribution >= 4 is 5.91 Å². The fraction of sp³-hybridized carbons (Fsp3) is 0.524. The molecule has 2 fully saturated rings. The first-order valence-corrected chi connectivity index (χ1v) is 10.1. The number of rotatable bonds is 7. The molecule has 1 saturated heterocycles. The van der Waals surface area contributed by atoms with E-state index in [1.807, 2.05) is 29.1 Å². The van der Waals surface area contributed by atoms with Gasteiger partial charge in [-0.3, -0.25) is 20.3 Å². The predicted molar refractivity (Wildman–Crippen MR) is 105 cm³/mol. The number of nitrogens with zero attached hydrogens (tertiary/aromatic N) is 2. The second-order valence-electron chi connectivity index (χ2n) is 7.74. The van der Waals surface area contributed by atoms with Crippen LogP contribution in [0.5, 0.6) is 0 Å². The molecule has 3 unspecified atom stereocenters. The Labute approximate surface area is 160 Å². The second kappa shape index (κ2) is 8.67. The molecule has 2 aliphatic rings. The largest absolute Gasteiger partial charge is 0.352 e. The van der Waals surface area contributed by atoms with Gasteiger partial charge in [-0.15, -0.1) is 0 Å². The third-order valence-corrected chi connectivity index (χ3v) is 5.96. The molecule has 1 aliphatic heterocycles. The van der Waals surface area contributed by atoms with Gasteiger partial charge in [-0.25, -0.2) is 0 Å². The lowest BCUT2D eigenvalue weighted by atomic mass is 9.80. The maximum Gasteiger partial charge on any atom is 0.220 e. The van der Waals surface area contributed by atoms with Crippen LogP contribution in [0.15, 0.2) is 42.7 Å². The van der Waals surface area contributed by atoms with Crippen molar-refractivity contribution in [1.82, 2.24) is 25.9 Å². The Kier molecular flexibility index (Phi) is 5.84. The number of carbonyl (C=O) groups excluding carboxylic acids is 1. The number of aromatic nitrogens is 2. The van der Waals surface area contributed by atoms with Crippen LogP contribution in [0.1, 0.15) is 49.7 Å². The molecule has 3 N–H and O–H groups in total. The number of carbonyl (C=O) groups is 1. The van der Waals surface area contributed by atoms with Crippen LogP contribution in [0.25, 0.3) is 0 Å². The fourth-order valence-electron chi connectivity index (χ4n) is 4.45. The second-order valence-corrected chi connectivity index (χ2v) is 7.74. The highest BCUT2D eigenvalue weighted by atomic mass is 16.1. The minimum absolute atomic E-state index is 0.130. The molecule has 1 aromatic carbocycles. The summed E-state index contributed by atoms with van der Waals surface area (Å²) in [6, 6.07) is 11.2. The molecule has 0 bridgehead atoms. The molecule has 0 radical (unpaired) electrons. The van der Waals surface area contributed by atoms with E-state index >= 15 is 0 Å². The fourth-order valence-corrected chi connectivity index (χ4v) is 4.45. The van der Waals surface area contributed by atoms with Crippen molar-refractivity contribution in [3.63, 3.8) is 0 Å². The third-order valence-electron chi connectivity index (χ3n) is 5.96. The standard InChI is InChI=1S/C21H29N5O/c27-21(11-10-20-18-8-3-4-9-19(18)24-25-20)22-14-16-6-1-2-7-17(16)15-26-13-5-12-23-26/h1-2,5-7,12-13,18-20,24-25H,3-4,8-11,14-15H2,(H,22,27). The van der Waals surface area contributed by atoms with Gasteiger partial charge in [0, 0.05) is 37.4 Å². The van der Waals surface area contributed by atoms with Crippen LogP contribution in [0, 0.1) is 5.92 Å². The molecule has 1 aliphatic carbocycles. The summed E-state index contributed by atoms with van der Waals surface area (Å²) in [7, 11) is 0. The van der Waals surface area contributed by atoms with Gasteiger partial charge in [-0.1, -0.05) is 37.1 Å². The van der Waals surface area contributed by atoms with Gasteiger partial charge in [-0.05, 0) is 42.4 Å². The highest BCUT2D eigenvalue weighted by Gasteiger charge is 2.36. The summed E-state index contributed by atoms with van der Waals surface area (Å²) in [6.45, 7) is 1.29. The monoisotopic (exact) mass is 367 g/mol. The maximum absolute atomic E-state index is 12.4. The van der Waals surface area contributed by atoms with Crippen LogP contribution in [0.4, 0.5) is 0 Å². The molecule has 3 atom stereocenters. The zero-order valence-corrected chi connectivity index (χ0v) is 15.7. The minimum atomic E-state index is 0.130. The molecular weight excluding hydrogens is 338 g/mol. The van der Waals surface area contributed by atoms with Crippen molar-refractivity contribution in [3.8, 4) is 0 Å². The maximum atomic E-state index is 12.4. The topological polar surface area (TPSA) is 71.0 Å². The van der Waals surface area contributed by atoms with Crippen LogP contribution in [-0.2, 0) is 17.9 Å². The molecule has 2 aromatic rings. The number of nitrogens with one attached hydrogen (secondary N) is 3. The quantitative estimate of drug-likeness (QED) is 0.703. The van der Waals surface area contributed by atoms with Crippen LogP contribution >= 0.6 is 0 Å².